The molecule has 7 heteroatoms. The summed E-state index contributed by atoms with van der Waals surface area (Å²) in [7, 11) is 0. The van der Waals surface area contributed by atoms with Gasteiger partial charge in [0.2, 0.25) is 5.91 Å². The van der Waals surface area contributed by atoms with E-state index in [9.17, 15) is 9.59 Å². The molecule has 0 radical (unpaired) electrons. The van der Waals surface area contributed by atoms with Crippen LogP contribution in [0.1, 0.15) is 11.3 Å². The summed E-state index contributed by atoms with van der Waals surface area (Å²) in [5.74, 6) is -0.00733. The number of hydrogen-bond donors (Lipinski definition) is 2. The molecule has 0 spiro atoms. The number of benzene rings is 1. The van der Waals surface area contributed by atoms with Crippen LogP contribution in [0.5, 0.6) is 0 Å². The molecule has 0 aliphatic heterocycles. The van der Waals surface area contributed by atoms with E-state index in [1.807, 2.05) is 6.92 Å². The molecule has 1 aromatic carbocycles. The van der Waals surface area contributed by atoms with Crippen LogP contribution in [0.2, 0.25) is 5.02 Å². The largest absolute Gasteiger partial charge is 0.346 e. The highest BCUT2D eigenvalue weighted by Crippen LogP contribution is 2.23. The quantitative estimate of drug-likeness (QED) is 0.670. The summed E-state index contributed by atoms with van der Waals surface area (Å²) in [5, 5.41) is 3.92. The minimum absolute atomic E-state index is 0.168. The normalized spacial score (nSPS) is 10.4. The minimum atomic E-state index is -0.413. The summed E-state index contributed by atoms with van der Waals surface area (Å²) in [6.07, 6.45) is 0. The maximum Gasteiger partial charge on any atom is 0.346 e. The molecule has 1 aromatic heterocycles. The number of aromatic nitrogens is 2. The zero-order valence-corrected chi connectivity index (χ0v) is 13.1. The Balaban J connectivity index is 1.99. The Kier molecular flexibility index (Phi) is 5.03. The number of rotatable bonds is 4. The van der Waals surface area contributed by atoms with Gasteiger partial charge in [-0.15, -0.1) is 0 Å². The van der Waals surface area contributed by atoms with Gasteiger partial charge in [0, 0.05) is 16.4 Å². The molecule has 2 N–H and O–H groups in total. The van der Waals surface area contributed by atoms with E-state index in [1.165, 1.54) is 11.8 Å². The van der Waals surface area contributed by atoms with Crippen molar-refractivity contribution in [1.82, 2.24) is 9.97 Å². The number of nitrogens with one attached hydrogen (secondary N) is 2. The molecule has 0 saturated carbocycles. The van der Waals surface area contributed by atoms with Gasteiger partial charge in [0.15, 0.2) is 0 Å². The van der Waals surface area contributed by atoms with Crippen molar-refractivity contribution in [2.45, 2.75) is 18.9 Å². The molecule has 2 aromatic rings. The molecule has 5 nitrogen and oxygen atoms in total. The first-order valence-electron chi connectivity index (χ1n) is 6.21. The van der Waals surface area contributed by atoms with Gasteiger partial charge in [0.25, 0.3) is 0 Å². The molecule has 0 atom stereocenters. The number of thioether (sulfide) groups is 1. The highest BCUT2D eigenvalue weighted by Gasteiger charge is 2.08. The van der Waals surface area contributed by atoms with Crippen molar-refractivity contribution in [3.05, 3.63) is 51.0 Å². The smallest absolute Gasteiger partial charge is 0.325 e. The lowest BCUT2D eigenvalue weighted by Gasteiger charge is -2.09. The molecule has 1 heterocycles. The summed E-state index contributed by atoms with van der Waals surface area (Å²) in [5.41, 5.74) is 1.80. The van der Waals surface area contributed by atoms with Crippen molar-refractivity contribution >= 4 is 35.0 Å². The third-order valence-electron chi connectivity index (χ3n) is 2.75. The fraction of sp³-hybridized carbons (Fsp3) is 0.214. The number of aryl methyl sites for hydroxylation is 1. The van der Waals surface area contributed by atoms with Crippen molar-refractivity contribution < 1.29 is 4.79 Å². The minimum Gasteiger partial charge on any atom is -0.325 e. The Labute approximate surface area is 131 Å². The van der Waals surface area contributed by atoms with Crippen LogP contribution < -0.4 is 11.0 Å². The lowest BCUT2D eigenvalue weighted by molar-refractivity contribution is -0.113. The molecule has 0 fully saturated rings. The van der Waals surface area contributed by atoms with E-state index >= 15 is 0 Å². The highest BCUT2D eigenvalue weighted by molar-refractivity contribution is 7.99. The summed E-state index contributed by atoms with van der Waals surface area (Å²) < 4.78 is 0. The van der Waals surface area contributed by atoms with Crippen molar-refractivity contribution in [1.29, 1.82) is 0 Å². The van der Waals surface area contributed by atoms with Crippen LogP contribution in [0.3, 0.4) is 0 Å². The summed E-state index contributed by atoms with van der Waals surface area (Å²) in [6, 6.07) is 7.06. The number of carbonyl (C=O) groups is 1. The van der Waals surface area contributed by atoms with Gasteiger partial charge in [-0.3, -0.25) is 4.79 Å². The van der Waals surface area contributed by atoms with Crippen LogP contribution in [-0.4, -0.2) is 21.6 Å². The molecule has 110 valence electrons. The molecule has 1 amide bonds. The maximum atomic E-state index is 11.9. The van der Waals surface area contributed by atoms with Gasteiger partial charge in [-0.1, -0.05) is 29.4 Å². The molecule has 2 rings (SSSR count). The van der Waals surface area contributed by atoms with Gasteiger partial charge in [-0.25, -0.2) is 4.79 Å². The molecule has 0 aliphatic carbocycles. The van der Waals surface area contributed by atoms with Crippen LogP contribution in [0.15, 0.2) is 34.1 Å². The van der Waals surface area contributed by atoms with Gasteiger partial charge in [0.1, 0.15) is 5.03 Å². The lowest BCUT2D eigenvalue weighted by atomic mass is 10.2. The lowest BCUT2D eigenvalue weighted by Crippen LogP contribution is -2.16. The van der Waals surface area contributed by atoms with Crippen LogP contribution in [0, 0.1) is 13.8 Å². The SMILES string of the molecule is Cc1cc(SCC(=O)Nc2cccc(Cl)c2C)nc(=O)[nH]1. The van der Waals surface area contributed by atoms with Crippen molar-refractivity contribution in [3.63, 3.8) is 0 Å². The van der Waals surface area contributed by atoms with E-state index in [1.54, 1.807) is 31.2 Å². The number of anilines is 1. The second-order valence-corrected chi connectivity index (χ2v) is 5.86. The fourth-order valence-electron chi connectivity index (χ4n) is 1.69. The predicted molar refractivity (Wildman–Crippen MR) is 85.1 cm³/mol. The monoisotopic (exact) mass is 323 g/mol. The van der Waals surface area contributed by atoms with E-state index in [0.29, 0.717) is 21.4 Å². The molecular weight excluding hydrogens is 310 g/mol. The van der Waals surface area contributed by atoms with Crippen molar-refractivity contribution in [2.24, 2.45) is 0 Å². The zero-order valence-electron chi connectivity index (χ0n) is 11.6. The molecular formula is C14H14ClN3O2S. The molecule has 0 unspecified atom stereocenters. The Morgan fingerprint density at radius 1 is 1.43 bits per heavy atom. The van der Waals surface area contributed by atoms with E-state index in [2.05, 4.69) is 15.3 Å². The van der Waals surface area contributed by atoms with E-state index in [0.717, 1.165) is 5.56 Å². The van der Waals surface area contributed by atoms with Gasteiger partial charge < -0.3 is 10.3 Å². The van der Waals surface area contributed by atoms with Crippen LogP contribution >= 0.6 is 23.4 Å². The van der Waals surface area contributed by atoms with Crippen molar-refractivity contribution in [3.8, 4) is 0 Å². The van der Waals surface area contributed by atoms with Crippen molar-refractivity contribution in [2.75, 3.05) is 11.1 Å². The van der Waals surface area contributed by atoms with Crippen LogP contribution in [-0.2, 0) is 4.79 Å². The Hall–Kier alpha value is -1.79. The number of hydrogen-bond acceptors (Lipinski definition) is 4. The number of nitrogens with zero attached hydrogens (tertiary/aromatic N) is 1. The second-order valence-electron chi connectivity index (χ2n) is 4.46. The van der Waals surface area contributed by atoms with Gasteiger partial charge in [-0.2, -0.15) is 4.98 Å². The number of carbonyl (C=O) groups excluding carboxylic acids is 1. The highest BCUT2D eigenvalue weighted by atomic mass is 35.5. The standard InChI is InChI=1S/C14H14ClN3O2S/c1-8-6-13(18-14(20)16-8)21-7-12(19)17-11-5-3-4-10(15)9(11)2/h3-6H,7H2,1-2H3,(H,17,19)(H,16,18,20). The Morgan fingerprint density at radius 2 is 2.19 bits per heavy atom. The molecule has 21 heavy (non-hydrogen) atoms. The third kappa shape index (κ3) is 4.34. The first kappa shape index (κ1) is 15.6. The number of H-pyrrole nitrogens is 1. The topological polar surface area (TPSA) is 74.8 Å². The summed E-state index contributed by atoms with van der Waals surface area (Å²) in [4.78, 5) is 29.5. The van der Waals surface area contributed by atoms with Crippen LogP contribution in [0.4, 0.5) is 5.69 Å². The van der Waals surface area contributed by atoms with E-state index in [4.69, 9.17) is 11.6 Å². The second kappa shape index (κ2) is 6.78. The van der Waals surface area contributed by atoms with Gasteiger partial charge >= 0.3 is 5.69 Å². The Morgan fingerprint density at radius 3 is 2.90 bits per heavy atom. The summed E-state index contributed by atoms with van der Waals surface area (Å²) in [6.45, 7) is 3.61. The third-order valence-corrected chi connectivity index (χ3v) is 4.07. The molecule has 0 bridgehead atoms. The average molecular weight is 324 g/mol. The number of aromatic amines is 1. The van der Waals surface area contributed by atoms with E-state index in [-0.39, 0.29) is 11.7 Å². The summed E-state index contributed by atoms with van der Waals surface area (Å²) >= 11 is 7.21. The number of halogens is 1. The van der Waals surface area contributed by atoms with Crippen LogP contribution in [0.25, 0.3) is 0 Å². The van der Waals surface area contributed by atoms with E-state index < -0.39 is 5.69 Å². The zero-order chi connectivity index (χ0) is 15.4. The van der Waals surface area contributed by atoms with Gasteiger partial charge in [0.05, 0.1) is 5.75 Å². The first-order valence-corrected chi connectivity index (χ1v) is 7.58. The predicted octanol–water partition coefficient (Wildman–Crippen LogP) is 2.77. The molecule has 0 saturated heterocycles. The first-order chi connectivity index (χ1) is 9.95. The van der Waals surface area contributed by atoms with Gasteiger partial charge in [-0.05, 0) is 37.6 Å². The average Bonchev–Trinajstić information content (AvgIpc) is 2.41. The molecule has 0 aliphatic rings. The maximum absolute atomic E-state index is 11.9. The Bertz CT molecular complexity index is 730. The number of amides is 1. The fourth-order valence-corrected chi connectivity index (χ4v) is 2.63.